The quantitative estimate of drug-likeness (QED) is 0.652. The zero-order chi connectivity index (χ0) is 11.0. The lowest BCUT2D eigenvalue weighted by molar-refractivity contribution is 1.20. The molecule has 0 N–H and O–H groups in total. The van der Waals surface area contributed by atoms with Crippen molar-refractivity contribution in [1.29, 1.82) is 0 Å². The van der Waals surface area contributed by atoms with Gasteiger partial charge >= 0.3 is 0 Å². The highest BCUT2D eigenvalue weighted by molar-refractivity contribution is 5.71. The van der Waals surface area contributed by atoms with Gasteiger partial charge in [-0.15, -0.1) is 0 Å². The molecule has 0 aromatic heterocycles. The average Bonchev–Trinajstić information content (AvgIpc) is 2.69. The van der Waals surface area contributed by atoms with E-state index in [1.54, 1.807) is 0 Å². The summed E-state index contributed by atoms with van der Waals surface area (Å²) >= 11 is 0. The lowest BCUT2D eigenvalue weighted by atomic mass is 10.0. The smallest absolute Gasteiger partial charge is 0.00604 e. The third kappa shape index (κ3) is 1.57. The van der Waals surface area contributed by atoms with Gasteiger partial charge < -0.3 is 0 Å². The Balaban J connectivity index is 2.05. The van der Waals surface area contributed by atoms with Gasteiger partial charge in [0.1, 0.15) is 0 Å². The van der Waals surface area contributed by atoms with Crippen LogP contribution in [0.1, 0.15) is 18.1 Å². The molecule has 2 aromatic carbocycles. The van der Waals surface area contributed by atoms with Crippen LogP contribution < -0.4 is 0 Å². The Bertz CT molecular complexity index is 548. The van der Waals surface area contributed by atoms with Gasteiger partial charge in [-0.25, -0.2) is 0 Å². The van der Waals surface area contributed by atoms with E-state index in [0.29, 0.717) is 0 Å². The van der Waals surface area contributed by atoms with Crippen LogP contribution in [0.3, 0.4) is 0 Å². The molecule has 1 aliphatic carbocycles. The maximum atomic E-state index is 2.32. The van der Waals surface area contributed by atoms with Gasteiger partial charge in [0.2, 0.25) is 0 Å². The van der Waals surface area contributed by atoms with Crippen molar-refractivity contribution in [2.75, 3.05) is 0 Å². The zero-order valence-corrected chi connectivity index (χ0v) is 9.40. The second-order valence-electron chi connectivity index (χ2n) is 4.45. The fourth-order valence-electron chi connectivity index (χ4n) is 2.33. The molecule has 0 atom stereocenters. The summed E-state index contributed by atoms with van der Waals surface area (Å²) in [6.07, 6.45) is 3.39. The van der Waals surface area contributed by atoms with Crippen molar-refractivity contribution < 1.29 is 0 Å². The van der Waals surface area contributed by atoms with Crippen LogP contribution in [0.25, 0.3) is 17.2 Å². The molecule has 0 unspecified atom stereocenters. The van der Waals surface area contributed by atoms with Crippen LogP contribution in [0.15, 0.2) is 54.1 Å². The Hall–Kier alpha value is -1.82. The number of rotatable bonds is 1. The highest BCUT2D eigenvalue weighted by atomic mass is 14.1. The normalized spacial score (nSPS) is 13.4. The molecule has 0 nitrogen and oxygen atoms in total. The van der Waals surface area contributed by atoms with E-state index in [4.69, 9.17) is 0 Å². The number of hydrogen-bond acceptors (Lipinski definition) is 0. The third-order valence-electron chi connectivity index (χ3n) is 3.12. The van der Waals surface area contributed by atoms with Crippen LogP contribution in [0.4, 0.5) is 0 Å². The Kier molecular flexibility index (Phi) is 2.14. The Morgan fingerprint density at radius 1 is 0.875 bits per heavy atom. The molecule has 0 aliphatic heterocycles. The van der Waals surface area contributed by atoms with E-state index in [-0.39, 0.29) is 0 Å². The van der Waals surface area contributed by atoms with Gasteiger partial charge in [-0.05, 0) is 35.6 Å². The molecule has 78 valence electrons. The first-order valence-corrected chi connectivity index (χ1v) is 5.68. The fourth-order valence-corrected chi connectivity index (χ4v) is 2.33. The molecule has 3 rings (SSSR count). The van der Waals surface area contributed by atoms with Crippen molar-refractivity contribution >= 4 is 6.08 Å². The summed E-state index contributed by atoms with van der Waals surface area (Å²) in [5.74, 6) is 0. The van der Waals surface area contributed by atoms with Gasteiger partial charge in [-0.1, -0.05) is 60.2 Å². The molecule has 0 radical (unpaired) electrons. The van der Waals surface area contributed by atoms with Crippen LogP contribution in [0.2, 0.25) is 0 Å². The maximum Gasteiger partial charge on any atom is -0.00604 e. The standard InChI is InChI=1S/C16H14/c1-12-9-14-7-8-15(11-16(14)10-12)13-5-3-2-4-6-13/h2-9,11H,10H2,1H3. The molecule has 0 heterocycles. The molecule has 0 saturated heterocycles. The van der Waals surface area contributed by atoms with E-state index in [2.05, 4.69) is 61.5 Å². The van der Waals surface area contributed by atoms with Gasteiger partial charge in [-0.2, -0.15) is 0 Å². The van der Waals surface area contributed by atoms with Crippen molar-refractivity contribution in [3.63, 3.8) is 0 Å². The number of fused-ring (bicyclic) bond motifs is 1. The van der Waals surface area contributed by atoms with Crippen molar-refractivity contribution in [1.82, 2.24) is 0 Å². The van der Waals surface area contributed by atoms with Crippen molar-refractivity contribution in [2.45, 2.75) is 13.3 Å². The predicted molar refractivity (Wildman–Crippen MR) is 69.2 cm³/mol. The van der Waals surface area contributed by atoms with Crippen LogP contribution in [0, 0.1) is 0 Å². The topological polar surface area (TPSA) is 0 Å². The van der Waals surface area contributed by atoms with Crippen LogP contribution in [-0.4, -0.2) is 0 Å². The zero-order valence-electron chi connectivity index (χ0n) is 9.40. The summed E-state index contributed by atoms with van der Waals surface area (Å²) in [4.78, 5) is 0. The SMILES string of the molecule is CC1=Cc2ccc(-c3ccccc3)cc2C1. The van der Waals surface area contributed by atoms with Gasteiger partial charge in [0.05, 0.1) is 0 Å². The minimum absolute atomic E-state index is 1.11. The van der Waals surface area contributed by atoms with Crippen LogP contribution in [-0.2, 0) is 6.42 Å². The Morgan fingerprint density at radius 2 is 1.69 bits per heavy atom. The molecule has 1 aliphatic rings. The minimum atomic E-state index is 1.11. The third-order valence-corrected chi connectivity index (χ3v) is 3.12. The van der Waals surface area contributed by atoms with E-state index >= 15 is 0 Å². The second-order valence-corrected chi connectivity index (χ2v) is 4.45. The fraction of sp³-hybridized carbons (Fsp3) is 0.125. The van der Waals surface area contributed by atoms with Crippen molar-refractivity contribution in [2.24, 2.45) is 0 Å². The average molecular weight is 206 g/mol. The Labute approximate surface area is 96.3 Å². The summed E-state index contributed by atoms with van der Waals surface area (Å²) in [6.45, 7) is 2.20. The summed E-state index contributed by atoms with van der Waals surface area (Å²) < 4.78 is 0. The van der Waals surface area contributed by atoms with Crippen LogP contribution in [0.5, 0.6) is 0 Å². The first-order chi connectivity index (χ1) is 7.83. The maximum absolute atomic E-state index is 2.32. The highest BCUT2D eigenvalue weighted by Gasteiger charge is 2.10. The molecule has 0 spiro atoms. The van der Waals surface area contributed by atoms with Crippen molar-refractivity contribution in [3.05, 3.63) is 65.2 Å². The van der Waals surface area contributed by atoms with E-state index in [9.17, 15) is 0 Å². The summed E-state index contributed by atoms with van der Waals surface area (Å²) in [6, 6.07) is 17.3. The molecule has 16 heavy (non-hydrogen) atoms. The van der Waals surface area contributed by atoms with Gasteiger partial charge in [0.15, 0.2) is 0 Å². The van der Waals surface area contributed by atoms with E-state index < -0.39 is 0 Å². The first-order valence-electron chi connectivity index (χ1n) is 5.68. The van der Waals surface area contributed by atoms with Gasteiger partial charge in [-0.3, -0.25) is 0 Å². The van der Waals surface area contributed by atoms with E-state index in [1.807, 2.05) is 0 Å². The Morgan fingerprint density at radius 3 is 2.50 bits per heavy atom. The van der Waals surface area contributed by atoms with Crippen LogP contribution >= 0.6 is 0 Å². The minimum Gasteiger partial charge on any atom is -0.0683 e. The largest absolute Gasteiger partial charge is 0.0683 e. The molecule has 0 bridgehead atoms. The highest BCUT2D eigenvalue weighted by Crippen LogP contribution is 2.29. The summed E-state index contributed by atoms with van der Waals surface area (Å²) in [5.41, 5.74) is 6.92. The lowest BCUT2D eigenvalue weighted by Crippen LogP contribution is -1.85. The monoisotopic (exact) mass is 206 g/mol. The second kappa shape index (κ2) is 3.64. The molecule has 0 amide bonds. The molecular weight excluding hydrogens is 192 g/mol. The van der Waals surface area contributed by atoms with E-state index in [1.165, 1.54) is 27.8 Å². The number of benzene rings is 2. The van der Waals surface area contributed by atoms with Gasteiger partial charge in [0.25, 0.3) is 0 Å². The lowest BCUT2D eigenvalue weighted by Gasteiger charge is -2.04. The molecule has 0 saturated carbocycles. The summed E-state index contributed by atoms with van der Waals surface area (Å²) in [7, 11) is 0. The number of hydrogen-bond donors (Lipinski definition) is 0. The molecule has 2 aromatic rings. The first kappa shape index (κ1) is 9.41. The molecule has 0 fully saturated rings. The number of allylic oxidation sites excluding steroid dienone is 1. The molecule has 0 heteroatoms. The van der Waals surface area contributed by atoms with Gasteiger partial charge in [0, 0.05) is 0 Å². The summed E-state index contributed by atoms with van der Waals surface area (Å²) in [5, 5.41) is 0. The predicted octanol–water partition coefficient (Wildman–Crippen LogP) is 4.31. The van der Waals surface area contributed by atoms with Crippen molar-refractivity contribution in [3.8, 4) is 11.1 Å². The van der Waals surface area contributed by atoms with E-state index in [0.717, 1.165) is 6.42 Å². The molecular formula is C16H14.